The average Bonchev–Trinajstić information content (AvgIpc) is 2.91. The molecule has 0 saturated carbocycles. The molecule has 108 valence electrons. The number of hydrogen-bond acceptors (Lipinski definition) is 5. The highest BCUT2D eigenvalue weighted by Gasteiger charge is 2.18. The SMILES string of the molecule is CC(NS(=O)(=O)CCN1CCNCC1)c1cn[nH]c1. The van der Waals surface area contributed by atoms with Gasteiger partial charge in [-0.3, -0.25) is 10.00 Å². The fourth-order valence-electron chi connectivity index (χ4n) is 2.08. The fourth-order valence-corrected chi connectivity index (χ4v) is 3.37. The fraction of sp³-hybridized carbons (Fsp3) is 0.727. The van der Waals surface area contributed by atoms with Crippen LogP contribution in [0.5, 0.6) is 0 Å². The lowest BCUT2D eigenvalue weighted by atomic mass is 10.2. The molecule has 1 saturated heterocycles. The number of hydrogen-bond donors (Lipinski definition) is 3. The Morgan fingerprint density at radius 3 is 2.84 bits per heavy atom. The van der Waals surface area contributed by atoms with Crippen LogP contribution in [0.3, 0.4) is 0 Å². The van der Waals surface area contributed by atoms with Gasteiger partial charge in [0.15, 0.2) is 0 Å². The summed E-state index contributed by atoms with van der Waals surface area (Å²) in [5.41, 5.74) is 0.839. The Morgan fingerprint density at radius 2 is 2.21 bits per heavy atom. The van der Waals surface area contributed by atoms with Gasteiger partial charge in [0.1, 0.15) is 0 Å². The number of piperazine rings is 1. The maximum atomic E-state index is 12.0. The highest BCUT2D eigenvalue weighted by Crippen LogP contribution is 2.10. The van der Waals surface area contributed by atoms with Gasteiger partial charge in [0.25, 0.3) is 0 Å². The third-order valence-corrected chi connectivity index (χ3v) is 4.69. The van der Waals surface area contributed by atoms with Gasteiger partial charge < -0.3 is 5.32 Å². The summed E-state index contributed by atoms with van der Waals surface area (Å²) in [6, 6.07) is -0.258. The van der Waals surface area contributed by atoms with Crippen molar-refractivity contribution in [2.45, 2.75) is 13.0 Å². The zero-order valence-corrected chi connectivity index (χ0v) is 11.9. The Morgan fingerprint density at radius 1 is 1.47 bits per heavy atom. The smallest absolute Gasteiger partial charge is 0.213 e. The first kappa shape index (κ1) is 14.4. The van der Waals surface area contributed by atoms with Gasteiger partial charge in [0.2, 0.25) is 10.0 Å². The number of nitrogens with one attached hydrogen (secondary N) is 3. The summed E-state index contributed by atoms with van der Waals surface area (Å²) in [7, 11) is -3.26. The highest BCUT2D eigenvalue weighted by molar-refractivity contribution is 7.89. The Hall–Kier alpha value is -0.960. The first-order chi connectivity index (χ1) is 9.07. The Labute approximate surface area is 113 Å². The predicted octanol–water partition coefficient (Wildman–Crippen LogP) is -0.705. The number of H-pyrrole nitrogens is 1. The summed E-state index contributed by atoms with van der Waals surface area (Å²) in [4.78, 5) is 2.16. The molecule has 0 aromatic carbocycles. The molecule has 1 atom stereocenters. The van der Waals surface area contributed by atoms with E-state index >= 15 is 0 Å². The van der Waals surface area contributed by atoms with Crippen molar-refractivity contribution in [2.24, 2.45) is 0 Å². The number of aromatic amines is 1. The molecule has 1 unspecified atom stereocenters. The molecule has 0 amide bonds. The number of rotatable bonds is 6. The summed E-state index contributed by atoms with van der Waals surface area (Å²) < 4.78 is 26.7. The van der Waals surface area contributed by atoms with Gasteiger partial charge in [-0.25, -0.2) is 13.1 Å². The van der Waals surface area contributed by atoms with Crippen LogP contribution >= 0.6 is 0 Å². The second-order valence-corrected chi connectivity index (χ2v) is 6.66. The van der Waals surface area contributed by atoms with Crippen molar-refractivity contribution >= 4 is 10.0 Å². The molecule has 3 N–H and O–H groups in total. The van der Waals surface area contributed by atoms with Crippen LogP contribution in [0, 0.1) is 0 Å². The lowest BCUT2D eigenvalue weighted by molar-refractivity contribution is 0.253. The minimum atomic E-state index is -3.26. The number of nitrogens with zero attached hydrogens (tertiary/aromatic N) is 2. The lowest BCUT2D eigenvalue weighted by Gasteiger charge is -2.27. The molecule has 1 fully saturated rings. The Kier molecular flexibility index (Phi) is 4.92. The van der Waals surface area contributed by atoms with Crippen molar-refractivity contribution in [3.05, 3.63) is 18.0 Å². The second kappa shape index (κ2) is 6.47. The molecular weight excluding hydrogens is 266 g/mol. The van der Waals surface area contributed by atoms with Crippen LogP contribution in [-0.2, 0) is 10.0 Å². The zero-order chi connectivity index (χ0) is 13.7. The summed E-state index contributed by atoms with van der Waals surface area (Å²) >= 11 is 0. The molecule has 7 nitrogen and oxygen atoms in total. The lowest BCUT2D eigenvalue weighted by Crippen LogP contribution is -2.46. The molecular formula is C11H21N5O2S. The van der Waals surface area contributed by atoms with Crippen LogP contribution in [0.2, 0.25) is 0 Å². The largest absolute Gasteiger partial charge is 0.314 e. The molecule has 1 aliphatic rings. The quantitative estimate of drug-likeness (QED) is 0.643. The summed E-state index contributed by atoms with van der Waals surface area (Å²) in [5, 5.41) is 9.74. The van der Waals surface area contributed by atoms with E-state index in [-0.39, 0.29) is 11.8 Å². The van der Waals surface area contributed by atoms with Gasteiger partial charge in [-0.1, -0.05) is 0 Å². The average molecular weight is 287 g/mol. The summed E-state index contributed by atoms with van der Waals surface area (Å²) in [5.74, 6) is 0.134. The predicted molar refractivity (Wildman–Crippen MR) is 73.2 cm³/mol. The van der Waals surface area contributed by atoms with Crippen LogP contribution in [-0.4, -0.2) is 62.0 Å². The molecule has 0 radical (unpaired) electrons. The molecule has 0 spiro atoms. The molecule has 2 heterocycles. The van der Waals surface area contributed by atoms with Crippen LogP contribution in [0.25, 0.3) is 0 Å². The molecule has 19 heavy (non-hydrogen) atoms. The van der Waals surface area contributed by atoms with E-state index in [1.165, 1.54) is 0 Å². The Bertz CT molecular complexity index is 467. The first-order valence-electron chi connectivity index (χ1n) is 6.48. The Balaban J connectivity index is 1.81. The number of sulfonamides is 1. The summed E-state index contributed by atoms with van der Waals surface area (Å²) in [6.45, 7) is 6.07. The molecule has 0 aliphatic carbocycles. The van der Waals surface area contributed by atoms with Crippen LogP contribution < -0.4 is 10.0 Å². The molecule has 2 rings (SSSR count). The maximum Gasteiger partial charge on any atom is 0.213 e. The second-order valence-electron chi connectivity index (χ2n) is 4.78. The van der Waals surface area contributed by atoms with E-state index in [4.69, 9.17) is 0 Å². The van der Waals surface area contributed by atoms with E-state index in [2.05, 4.69) is 25.1 Å². The first-order valence-corrected chi connectivity index (χ1v) is 8.14. The standard InChI is InChI=1S/C11H21N5O2S/c1-10(11-8-13-14-9-11)15-19(17,18)7-6-16-4-2-12-3-5-16/h8-10,12,15H,2-7H2,1H3,(H,13,14). The molecule has 0 bridgehead atoms. The van der Waals surface area contributed by atoms with Crippen molar-refractivity contribution in [2.75, 3.05) is 38.5 Å². The van der Waals surface area contributed by atoms with Crippen LogP contribution in [0.15, 0.2) is 12.4 Å². The van der Waals surface area contributed by atoms with Gasteiger partial charge in [-0.2, -0.15) is 5.10 Å². The zero-order valence-electron chi connectivity index (χ0n) is 11.1. The van der Waals surface area contributed by atoms with E-state index < -0.39 is 10.0 Å². The maximum absolute atomic E-state index is 12.0. The van der Waals surface area contributed by atoms with E-state index in [1.807, 2.05) is 6.92 Å². The molecule has 1 aliphatic heterocycles. The van der Waals surface area contributed by atoms with Gasteiger partial charge >= 0.3 is 0 Å². The van der Waals surface area contributed by atoms with E-state index in [0.29, 0.717) is 6.54 Å². The van der Waals surface area contributed by atoms with Crippen molar-refractivity contribution in [1.29, 1.82) is 0 Å². The van der Waals surface area contributed by atoms with Gasteiger partial charge in [0.05, 0.1) is 11.9 Å². The van der Waals surface area contributed by atoms with Crippen molar-refractivity contribution in [3.8, 4) is 0 Å². The molecule has 1 aromatic heterocycles. The minimum Gasteiger partial charge on any atom is -0.314 e. The van der Waals surface area contributed by atoms with Crippen LogP contribution in [0.1, 0.15) is 18.5 Å². The third kappa shape index (κ3) is 4.57. The van der Waals surface area contributed by atoms with Crippen molar-refractivity contribution in [1.82, 2.24) is 25.1 Å². The topological polar surface area (TPSA) is 90.1 Å². The van der Waals surface area contributed by atoms with Gasteiger partial charge in [-0.05, 0) is 6.92 Å². The monoisotopic (exact) mass is 287 g/mol. The normalized spacial score (nSPS) is 19.4. The summed E-state index contributed by atoms with van der Waals surface area (Å²) in [6.07, 6.45) is 3.33. The highest BCUT2D eigenvalue weighted by atomic mass is 32.2. The van der Waals surface area contributed by atoms with E-state index in [9.17, 15) is 8.42 Å². The van der Waals surface area contributed by atoms with Gasteiger partial charge in [0, 0.05) is 50.5 Å². The van der Waals surface area contributed by atoms with Gasteiger partial charge in [-0.15, -0.1) is 0 Å². The third-order valence-electron chi connectivity index (χ3n) is 3.26. The molecule has 8 heteroatoms. The molecule has 1 aromatic rings. The van der Waals surface area contributed by atoms with E-state index in [1.54, 1.807) is 12.4 Å². The van der Waals surface area contributed by atoms with Crippen LogP contribution in [0.4, 0.5) is 0 Å². The number of aromatic nitrogens is 2. The van der Waals surface area contributed by atoms with Crippen molar-refractivity contribution in [3.63, 3.8) is 0 Å². The minimum absolute atomic E-state index is 0.134. The van der Waals surface area contributed by atoms with Crippen molar-refractivity contribution < 1.29 is 8.42 Å². The van der Waals surface area contributed by atoms with E-state index in [0.717, 1.165) is 31.7 Å².